The first-order valence-electron chi connectivity index (χ1n) is 5.11. The third-order valence-corrected chi connectivity index (χ3v) is 2.31. The SMILES string of the molecule is Nc1ncccc1Nc1cccc(C(F)(F)F)c1. The second-order valence-electron chi connectivity index (χ2n) is 3.64. The number of nitrogen functional groups attached to an aromatic ring is 1. The summed E-state index contributed by atoms with van der Waals surface area (Å²) < 4.78 is 37.6. The maximum atomic E-state index is 12.5. The third kappa shape index (κ3) is 2.71. The van der Waals surface area contributed by atoms with E-state index in [1.54, 1.807) is 12.1 Å². The summed E-state index contributed by atoms with van der Waals surface area (Å²) in [7, 11) is 0. The summed E-state index contributed by atoms with van der Waals surface area (Å²) in [6, 6.07) is 8.18. The molecule has 0 fully saturated rings. The zero-order valence-electron chi connectivity index (χ0n) is 9.20. The summed E-state index contributed by atoms with van der Waals surface area (Å²) in [4.78, 5) is 3.84. The van der Waals surface area contributed by atoms with Crippen molar-refractivity contribution in [3.63, 3.8) is 0 Å². The Morgan fingerprint density at radius 1 is 1.11 bits per heavy atom. The number of nitrogens with two attached hydrogens (primary N) is 1. The van der Waals surface area contributed by atoms with Gasteiger partial charge in [-0.15, -0.1) is 0 Å². The summed E-state index contributed by atoms with van der Waals surface area (Å²) >= 11 is 0. The average Bonchev–Trinajstić information content (AvgIpc) is 2.31. The largest absolute Gasteiger partial charge is 0.416 e. The minimum atomic E-state index is -4.36. The minimum Gasteiger partial charge on any atom is -0.382 e. The van der Waals surface area contributed by atoms with E-state index in [0.29, 0.717) is 11.4 Å². The van der Waals surface area contributed by atoms with Gasteiger partial charge in [0, 0.05) is 11.9 Å². The minimum absolute atomic E-state index is 0.231. The molecule has 6 heteroatoms. The van der Waals surface area contributed by atoms with Crippen LogP contribution in [0, 0.1) is 0 Å². The van der Waals surface area contributed by atoms with Gasteiger partial charge in [-0.2, -0.15) is 13.2 Å². The monoisotopic (exact) mass is 253 g/mol. The van der Waals surface area contributed by atoms with Gasteiger partial charge in [0.1, 0.15) is 5.82 Å². The van der Waals surface area contributed by atoms with Gasteiger partial charge in [0.05, 0.1) is 11.3 Å². The molecule has 0 amide bonds. The molecule has 1 heterocycles. The van der Waals surface area contributed by atoms with E-state index < -0.39 is 11.7 Å². The summed E-state index contributed by atoms with van der Waals surface area (Å²) in [5.41, 5.74) is 5.66. The molecule has 18 heavy (non-hydrogen) atoms. The number of rotatable bonds is 2. The van der Waals surface area contributed by atoms with Crippen LogP contribution >= 0.6 is 0 Å². The number of nitrogens with one attached hydrogen (secondary N) is 1. The summed E-state index contributed by atoms with van der Waals surface area (Å²) in [6.07, 6.45) is -2.86. The molecule has 3 nitrogen and oxygen atoms in total. The lowest BCUT2D eigenvalue weighted by Crippen LogP contribution is -2.05. The zero-order valence-corrected chi connectivity index (χ0v) is 9.20. The van der Waals surface area contributed by atoms with E-state index in [1.165, 1.54) is 18.3 Å². The van der Waals surface area contributed by atoms with Crippen molar-refractivity contribution in [1.82, 2.24) is 4.98 Å². The standard InChI is InChI=1S/C12H10F3N3/c13-12(14,15)8-3-1-4-9(7-8)18-10-5-2-6-17-11(10)16/h1-7,18H,(H2,16,17). The molecule has 0 aliphatic heterocycles. The Labute approximate surface area is 101 Å². The van der Waals surface area contributed by atoms with E-state index in [2.05, 4.69) is 10.3 Å². The maximum absolute atomic E-state index is 12.5. The smallest absolute Gasteiger partial charge is 0.382 e. The van der Waals surface area contributed by atoms with Crippen LogP contribution in [0.15, 0.2) is 42.6 Å². The van der Waals surface area contributed by atoms with E-state index in [-0.39, 0.29) is 5.82 Å². The summed E-state index contributed by atoms with van der Waals surface area (Å²) in [5.74, 6) is 0.231. The van der Waals surface area contributed by atoms with Crippen LogP contribution in [0.4, 0.5) is 30.4 Å². The van der Waals surface area contributed by atoms with Crippen molar-refractivity contribution in [1.29, 1.82) is 0 Å². The molecule has 0 aliphatic rings. The van der Waals surface area contributed by atoms with E-state index in [0.717, 1.165) is 12.1 Å². The Balaban J connectivity index is 2.28. The van der Waals surface area contributed by atoms with Gasteiger partial charge in [0.2, 0.25) is 0 Å². The van der Waals surface area contributed by atoms with Crippen molar-refractivity contribution in [2.24, 2.45) is 0 Å². The van der Waals surface area contributed by atoms with Crippen molar-refractivity contribution < 1.29 is 13.2 Å². The van der Waals surface area contributed by atoms with Crippen LogP contribution < -0.4 is 11.1 Å². The fourth-order valence-corrected chi connectivity index (χ4v) is 1.45. The number of pyridine rings is 1. The lowest BCUT2D eigenvalue weighted by atomic mass is 10.2. The highest BCUT2D eigenvalue weighted by Gasteiger charge is 2.30. The molecular weight excluding hydrogens is 243 g/mol. The fourth-order valence-electron chi connectivity index (χ4n) is 1.45. The lowest BCUT2D eigenvalue weighted by molar-refractivity contribution is -0.137. The van der Waals surface area contributed by atoms with Crippen LogP contribution in [0.25, 0.3) is 0 Å². The number of benzene rings is 1. The van der Waals surface area contributed by atoms with Crippen LogP contribution in [-0.4, -0.2) is 4.98 Å². The van der Waals surface area contributed by atoms with Gasteiger partial charge in [-0.3, -0.25) is 0 Å². The van der Waals surface area contributed by atoms with Crippen molar-refractivity contribution in [2.45, 2.75) is 6.18 Å². The van der Waals surface area contributed by atoms with E-state index in [1.807, 2.05) is 0 Å². The predicted molar refractivity (Wildman–Crippen MR) is 63.4 cm³/mol. The molecule has 0 radical (unpaired) electrons. The first kappa shape index (κ1) is 12.2. The van der Waals surface area contributed by atoms with Gasteiger partial charge >= 0.3 is 6.18 Å². The molecular formula is C12H10F3N3. The Morgan fingerprint density at radius 3 is 2.56 bits per heavy atom. The van der Waals surface area contributed by atoms with Gasteiger partial charge < -0.3 is 11.1 Å². The number of anilines is 3. The third-order valence-electron chi connectivity index (χ3n) is 2.31. The molecule has 0 bridgehead atoms. The summed E-state index contributed by atoms with van der Waals surface area (Å²) in [6.45, 7) is 0. The molecule has 0 unspecified atom stereocenters. The fraction of sp³-hybridized carbons (Fsp3) is 0.0833. The normalized spacial score (nSPS) is 11.3. The van der Waals surface area contributed by atoms with E-state index in [4.69, 9.17) is 5.73 Å². The number of aromatic nitrogens is 1. The molecule has 0 saturated heterocycles. The van der Waals surface area contributed by atoms with Gasteiger partial charge in [0.15, 0.2) is 0 Å². The van der Waals surface area contributed by atoms with Crippen LogP contribution in [0.3, 0.4) is 0 Å². The molecule has 2 aromatic rings. The Morgan fingerprint density at radius 2 is 1.89 bits per heavy atom. The Kier molecular flexibility index (Phi) is 3.10. The molecule has 1 aromatic carbocycles. The molecule has 94 valence electrons. The van der Waals surface area contributed by atoms with Crippen molar-refractivity contribution in [2.75, 3.05) is 11.1 Å². The Bertz CT molecular complexity index is 552. The molecule has 1 aromatic heterocycles. The van der Waals surface area contributed by atoms with Crippen molar-refractivity contribution in [3.05, 3.63) is 48.2 Å². The predicted octanol–water partition coefficient (Wildman–Crippen LogP) is 3.43. The number of nitrogens with zero attached hydrogens (tertiary/aromatic N) is 1. The molecule has 3 N–H and O–H groups in total. The van der Waals surface area contributed by atoms with Crippen molar-refractivity contribution >= 4 is 17.2 Å². The highest BCUT2D eigenvalue weighted by atomic mass is 19.4. The first-order valence-corrected chi connectivity index (χ1v) is 5.11. The number of halogens is 3. The lowest BCUT2D eigenvalue weighted by Gasteiger charge is -2.11. The van der Waals surface area contributed by atoms with E-state index >= 15 is 0 Å². The molecule has 2 rings (SSSR count). The quantitative estimate of drug-likeness (QED) is 0.862. The molecule has 0 spiro atoms. The number of hydrogen-bond acceptors (Lipinski definition) is 3. The van der Waals surface area contributed by atoms with Gasteiger partial charge in [-0.05, 0) is 30.3 Å². The second-order valence-corrected chi connectivity index (χ2v) is 3.64. The topological polar surface area (TPSA) is 50.9 Å². The summed E-state index contributed by atoms with van der Waals surface area (Å²) in [5, 5.41) is 2.80. The van der Waals surface area contributed by atoms with Crippen LogP contribution in [0.5, 0.6) is 0 Å². The first-order chi connectivity index (χ1) is 8.47. The van der Waals surface area contributed by atoms with E-state index in [9.17, 15) is 13.2 Å². The van der Waals surface area contributed by atoms with Crippen LogP contribution in [-0.2, 0) is 6.18 Å². The zero-order chi connectivity index (χ0) is 13.2. The van der Waals surface area contributed by atoms with Crippen LogP contribution in [0.1, 0.15) is 5.56 Å². The maximum Gasteiger partial charge on any atom is 0.416 e. The van der Waals surface area contributed by atoms with Gasteiger partial charge in [-0.25, -0.2) is 4.98 Å². The van der Waals surface area contributed by atoms with Crippen LogP contribution in [0.2, 0.25) is 0 Å². The number of hydrogen-bond donors (Lipinski definition) is 2. The van der Waals surface area contributed by atoms with Crippen molar-refractivity contribution in [3.8, 4) is 0 Å². The highest BCUT2D eigenvalue weighted by Crippen LogP contribution is 2.31. The molecule has 0 atom stereocenters. The van der Waals surface area contributed by atoms with Gasteiger partial charge in [0.25, 0.3) is 0 Å². The molecule has 0 saturated carbocycles. The second kappa shape index (κ2) is 4.56. The van der Waals surface area contributed by atoms with Gasteiger partial charge in [-0.1, -0.05) is 6.07 Å². The molecule has 0 aliphatic carbocycles. The Hall–Kier alpha value is -2.24. The highest BCUT2D eigenvalue weighted by molar-refractivity contribution is 5.69. The average molecular weight is 253 g/mol. The number of alkyl halides is 3.